The number of hydrazine groups is 1. The normalized spacial score (nSPS) is 23.1. The third-order valence-corrected chi connectivity index (χ3v) is 6.82. The SMILES string of the molecule is COc1cccc(CN2CC3C(c4ccc(C)cc4)NNC3c3cc4c(cc32)OCO4)c1. The molecule has 3 aromatic carbocycles. The van der Waals surface area contributed by atoms with Gasteiger partial charge in [0.05, 0.1) is 19.2 Å². The van der Waals surface area contributed by atoms with Gasteiger partial charge >= 0.3 is 0 Å². The molecule has 1 saturated heterocycles. The van der Waals surface area contributed by atoms with Gasteiger partial charge in [-0.15, -0.1) is 0 Å². The van der Waals surface area contributed by atoms with E-state index in [0.29, 0.717) is 5.92 Å². The average Bonchev–Trinajstić information content (AvgIpc) is 3.45. The van der Waals surface area contributed by atoms with Gasteiger partial charge in [-0.1, -0.05) is 42.0 Å². The number of nitrogens with one attached hydrogen (secondary N) is 2. The first kappa shape index (κ1) is 19.5. The summed E-state index contributed by atoms with van der Waals surface area (Å²) < 4.78 is 16.9. The topological polar surface area (TPSA) is 55.0 Å². The van der Waals surface area contributed by atoms with Crippen molar-refractivity contribution in [3.05, 3.63) is 82.9 Å². The highest BCUT2D eigenvalue weighted by molar-refractivity contribution is 5.66. The lowest BCUT2D eigenvalue weighted by atomic mass is 9.81. The minimum atomic E-state index is 0.201. The zero-order chi connectivity index (χ0) is 21.7. The molecule has 3 atom stereocenters. The van der Waals surface area contributed by atoms with Gasteiger partial charge in [0.15, 0.2) is 11.5 Å². The van der Waals surface area contributed by atoms with Gasteiger partial charge in [0.1, 0.15) is 5.75 Å². The smallest absolute Gasteiger partial charge is 0.231 e. The van der Waals surface area contributed by atoms with Crippen LogP contribution in [0.5, 0.6) is 17.2 Å². The van der Waals surface area contributed by atoms with Crippen LogP contribution in [-0.4, -0.2) is 20.4 Å². The van der Waals surface area contributed by atoms with E-state index < -0.39 is 0 Å². The summed E-state index contributed by atoms with van der Waals surface area (Å²) in [5.74, 6) is 2.89. The number of ether oxygens (including phenoxy) is 3. The molecule has 0 amide bonds. The Hall–Kier alpha value is -3.22. The summed E-state index contributed by atoms with van der Waals surface area (Å²) in [4.78, 5) is 2.46. The van der Waals surface area contributed by atoms with Gasteiger partial charge in [0, 0.05) is 30.8 Å². The number of rotatable bonds is 4. The molecule has 3 aliphatic heterocycles. The third kappa shape index (κ3) is 3.27. The number of nitrogens with zero attached hydrogens (tertiary/aromatic N) is 1. The number of benzene rings is 3. The quantitative estimate of drug-likeness (QED) is 0.647. The Balaban J connectivity index is 1.39. The van der Waals surface area contributed by atoms with Gasteiger partial charge in [-0.3, -0.25) is 0 Å². The van der Waals surface area contributed by atoms with E-state index in [9.17, 15) is 0 Å². The van der Waals surface area contributed by atoms with Crippen LogP contribution in [0.3, 0.4) is 0 Å². The molecule has 6 heteroatoms. The van der Waals surface area contributed by atoms with Crippen molar-refractivity contribution in [2.75, 3.05) is 25.3 Å². The van der Waals surface area contributed by atoms with E-state index in [1.807, 2.05) is 6.07 Å². The molecule has 6 rings (SSSR count). The highest BCUT2D eigenvalue weighted by atomic mass is 16.7. The molecule has 3 aliphatic rings. The fraction of sp³-hybridized carbons (Fsp3) is 0.308. The molecular weight excluding hydrogens is 402 g/mol. The molecule has 3 unspecified atom stereocenters. The summed E-state index contributed by atoms with van der Waals surface area (Å²) in [5.41, 5.74) is 13.4. The van der Waals surface area contributed by atoms with Crippen LogP contribution >= 0.6 is 0 Å². The Morgan fingerprint density at radius 2 is 1.75 bits per heavy atom. The summed E-state index contributed by atoms with van der Waals surface area (Å²) in [5, 5.41) is 0. The van der Waals surface area contributed by atoms with E-state index in [1.54, 1.807) is 7.11 Å². The van der Waals surface area contributed by atoms with Crippen LogP contribution in [0.15, 0.2) is 60.7 Å². The molecule has 0 radical (unpaired) electrons. The molecule has 6 nitrogen and oxygen atoms in total. The van der Waals surface area contributed by atoms with Crippen LogP contribution in [0.2, 0.25) is 0 Å². The van der Waals surface area contributed by atoms with Gasteiger partial charge in [-0.2, -0.15) is 0 Å². The largest absolute Gasteiger partial charge is 0.497 e. The fourth-order valence-electron chi connectivity index (χ4n) is 5.17. The van der Waals surface area contributed by atoms with Crippen LogP contribution in [-0.2, 0) is 6.54 Å². The van der Waals surface area contributed by atoms with Crippen LogP contribution in [0.1, 0.15) is 34.3 Å². The second-order valence-electron chi connectivity index (χ2n) is 8.81. The number of aryl methyl sites for hydroxylation is 1. The first-order valence-electron chi connectivity index (χ1n) is 11.1. The zero-order valence-electron chi connectivity index (χ0n) is 18.3. The van der Waals surface area contributed by atoms with E-state index in [1.165, 1.54) is 27.9 Å². The number of anilines is 1. The van der Waals surface area contributed by atoms with Crippen molar-refractivity contribution in [3.8, 4) is 17.2 Å². The van der Waals surface area contributed by atoms with Crippen LogP contribution in [0, 0.1) is 12.8 Å². The Morgan fingerprint density at radius 3 is 2.56 bits per heavy atom. The summed E-state index contributed by atoms with van der Waals surface area (Å²) in [6, 6.07) is 21.9. The summed E-state index contributed by atoms with van der Waals surface area (Å²) in [6.07, 6.45) is 0. The maximum absolute atomic E-state index is 5.72. The molecule has 1 fully saturated rings. The van der Waals surface area contributed by atoms with Gasteiger partial charge in [0.25, 0.3) is 0 Å². The van der Waals surface area contributed by atoms with Crippen molar-refractivity contribution in [1.82, 2.24) is 10.9 Å². The number of fused-ring (bicyclic) bond motifs is 4. The van der Waals surface area contributed by atoms with Gasteiger partial charge in [0.2, 0.25) is 6.79 Å². The Bertz CT molecular complexity index is 1150. The number of methoxy groups -OCH3 is 1. The summed E-state index contributed by atoms with van der Waals surface area (Å²) in [7, 11) is 1.71. The molecule has 32 heavy (non-hydrogen) atoms. The van der Waals surface area contributed by atoms with Crippen molar-refractivity contribution in [2.24, 2.45) is 5.92 Å². The molecule has 164 valence electrons. The zero-order valence-corrected chi connectivity index (χ0v) is 18.3. The monoisotopic (exact) mass is 429 g/mol. The van der Waals surface area contributed by atoms with E-state index in [2.05, 4.69) is 77.3 Å². The lowest BCUT2D eigenvalue weighted by Crippen LogP contribution is -2.39. The second-order valence-corrected chi connectivity index (χ2v) is 8.81. The number of hydrogen-bond donors (Lipinski definition) is 2. The van der Waals surface area contributed by atoms with Crippen LogP contribution < -0.4 is 30.0 Å². The Labute approximate surface area is 188 Å². The van der Waals surface area contributed by atoms with E-state index in [0.717, 1.165) is 30.3 Å². The molecule has 2 N–H and O–H groups in total. The summed E-state index contributed by atoms with van der Waals surface area (Å²) >= 11 is 0. The third-order valence-electron chi connectivity index (χ3n) is 6.82. The van der Waals surface area contributed by atoms with Crippen molar-refractivity contribution in [1.29, 1.82) is 0 Å². The highest BCUT2D eigenvalue weighted by Crippen LogP contribution is 2.49. The van der Waals surface area contributed by atoms with Crippen molar-refractivity contribution in [2.45, 2.75) is 25.6 Å². The van der Waals surface area contributed by atoms with E-state index in [4.69, 9.17) is 14.2 Å². The van der Waals surface area contributed by atoms with E-state index >= 15 is 0 Å². The predicted molar refractivity (Wildman–Crippen MR) is 123 cm³/mol. The standard InChI is InChI=1S/C26H27N3O3/c1-16-6-8-18(9-7-16)25-21-14-29(13-17-4-3-5-19(10-17)30-2)22-12-24-23(31-15-32-24)11-20(22)26(21)28-27-25/h3-12,21,25-28H,13-15H2,1-2H3. The molecule has 0 saturated carbocycles. The highest BCUT2D eigenvalue weighted by Gasteiger charge is 2.44. The molecule has 0 spiro atoms. The lowest BCUT2D eigenvalue weighted by molar-refractivity contribution is 0.174. The molecule has 0 aromatic heterocycles. The van der Waals surface area contributed by atoms with Gasteiger partial charge in [-0.25, -0.2) is 10.9 Å². The van der Waals surface area contributed by atoms with Crippen LogP contribution in [0.25, 0.3) is 0 Å². The minimum absolute atomic E-state index is 0.201. The first-order chi connectivity index (χ1) is 15.7. The minimum Gasteiger partial charge on any atom is -0.497 e. The molecule has 3 aromatic rings. The van der Waals surface area contributed by atoms with Crippen molar-refractivity contribution < 1.29 is 14.2 Å². The maximum atomic E-state index is 5.72. The van der Waals surface area contributed by atoms with Crippen molar-refractivity contribution >= 4 is 5.69 Å². The number of hydrogen-bond acceptors (Lipinski definition) is 6. The fourth-order valence-corrected chi connectivity index (χ4v) is 5.17. The molecule has 3 heterocycles. The van der Waals surface area contributed by atoms with Gasteiger partial charge < -0.3 is 19.1 Å². The molecule has 0 aliphatic carbocycles. The van der Waals surface area contributed by atoms with Gasteiger partial charge in [-0.05, 0) is 41.8 Å². The molecular formula is C26H27N3O3. The first-order valence-corrected chi connectivity index (χ1v) is 11.1. The average molecular weight is 430 g/mol. The maximum Gasteiger partial charge on any atom is 0.231 e. The lowest BCUT2D eigenvalue weighted by Gasteiger charge is -2.39. The Morgan fingerprint density at radius 1 is 0.969 bits per heavy atom. The van der Waals surface area contributed by atoms with Crippen molar-refractivity contribution in [3.63, 3.8) is 0 Å². The summed E-state index contributed by atoms with van der Waals surface area (Å²) in [6.45, 7) is 4.13. The Kier molecular flexibility index (Phi) is 4.70. The van der Waals surface area contributed by atoms with E-state index in [-0.39, 0.29) is 18.9 Å². The second kappa shape index (κ2) is 7.73. The predicted octanol–water partition coefficient (Wildman–Crippen LogP) is 4.26. The molecule has 0 bridgehead atoms. The van der Waals surface area contributed by atoms with Crippen LogP contribution in [0.4, 0.5) is 5.69 Å².